The highest BCUT2D eigenvalue weighted by molar-refractivity contribution is 5.89. The topological polar surface area (TPSA) is 35.6 Å². The summed E-state index contributed by atoms with van der Waals surface area (Å²) in [4.78, 5) is 16.4. The number of nitrogens with zero attached hydrogens (tertiary/aromatic N) is 2. The fourth-order valence-corrected chi connectivity index (χ4v) is 2.75. The van der Waals surface area contributed by atoms with Gasteiger partial charge in [-0.25, -0.2) is 4.79 Å². The highest BCUT2D eigenvalue weighted by atomic mass is 16.2. The van der Waals surface area contributed by atoms with Crippen LogP contribution in [0.15, 0.2) is 24.3 Å². The van der Waals surface area contributed by atoms with E-state index in [9.17, 15) is 4.79 Å². The second kappa shape index (κ2) is 6.94. The molecule has 0 radical (unpaired) electrons. The minimum absolute atomic E-state index is 0.00991. The van der Waals surface area contributed by atoms with Crippen LogP contribution in [0.4, 0.5) is 10.5 Å². The van der Waals surface area contributed by atoms with Crippen molar-refractivity contribution in [3.8, 4) is 0 Å². The molecule has 2 amide bonds. The van der Waals surface area contributed by atoms with E-state index in [1.807, 2.05) is 17.0 Å². The number of likely N-dealkylation sites (tertiary alicyclic amines) is 1. The van der Waals surface area contributed by atoms with Crippen LogP contribution in [0.5, 0.6) is 0 Å². The maximum atomic E-state index is 12.2. The number of hydrogen-bond donors (Lipinski definition) is 1. The van der Waals surface area contributed by atoms with Crippen LogP contribution in [-0.2, 0) is 0 Å². The van der Waals surface area contributed by atoms with Crippen molar-refractivity contribution in [3.05, 3.63) is 29.8 Å². The molecule has 1 aromatic carbocycles. The summed E-state index contributed by atoms with van der Waals surface area (Å²) in [7, 11) is 0. The Balaban J connectivity index is 1.83. The molecule has 4 heteroatoms. The van der Waals surface area contributed by atoms with E-state index < -0.39 is 0 Å². The molecule has 0 bridgehead atoms. The van der Waals surface area contributed by atoms with Gasteiger partial charge in [-0.05, 0) is 36.7 Å². The summed E-state index contributed by atoms with van der Waals surface area (Å²) in [6, 6.07) is 8.65. The standard InChI is InChI=1S/C17H27N3O/c1-5-19(6-2)16-11-20(12-16)17(21)18-15-9-7-14(8-10-15)13(3)4/h7-10,13,16H,5-6,11-12H2,1-4H3,(H,18,21). The molecule has 0 spiro atoms. The van der Waals surface area contributed by atoms with E-state index in [0.717, 1.165) is 31.9 Å². The van der Waals surface area contributed by atoms with Crippen molar-refractivity contribution in [2.75, 3.05) is 31.5 Å². The monoisotopic (exact) mass is 289 g/mol. The van der Waals surface area contributed by atoms with Gasteiger partial charge in [0.2, 0.25) is 0 Å². The average Bonchev–Trinajstić information content (AvgIpc) is 2.42. The van der Waals surface area contributed by atoms with E-state index in [1.54, 1.807) is 0 Å². The quantitative estimate of drug-likeness (QED) is 0.902. The highest BCUT2D eigenvalue weighted by Gasteiger charge is 2.33. The number of benzene rings is 1. The number of amides is 2. The van der Waals surface area contributed by atoms with Gasteiger partial charge in [-0.1, -0.05) is 39.8 Å². The first-order chi connectivity index (χ1) is 10.0. The van der Waals surface area contributed by atoms with Crippen LogP contribution < -0.4 is 5.32 Å². The second-order valence-corrected chi connectivity index (χ2v) is 5.99. The predicted octanol–water partition coefficient (Wildman–Crippen LogP) is 3.37. The van der Waals surface area contributed by atoms with Crippen LogP contribution in [0.1, 0.15) is 39.2 Å². The number of rotatable bonds is 5. The van der Waals surface area contributed by atoms with Gasteiger partial charge in [0, 0.05) is 24.8 Å². The molecule has 0 aromatic heterocycles. The lowest BCUT2D eigenvalue weighted by Gasteiger charge is -2.44. The van der Waals surface area contributed by atoms with Gasteiger partial charge < -0.3 is 10.2 Å². The Labute approximate surface area is 128 Å². The Hall–Kier alpha value is -1.55. The number of carbonyl (C=O) groups excluding carboxylic acids is 1. The number of hydrogen-bond acceptors (Lipinski definition) is 2. The maximum Gasteiger partial charge on any atom is 0.321 e. The number of anilines is 1. The SMILES string of the molecule is CCN(CC)C1CN(C(=O)Nc2ccc(C(C)C)cc2)C1. The molecule has 1 heterocycles. The number of likely N-dealkylation sites (N-methyl/N-ethyl adjacent to an activating group) is 1. The molecule has 0 saturated carbocycles. The lowest BCUT2D eigenvalue weighted by molar-refractivity contribution is 0.0685. The van der Waals surface area contributed by atoms with Crippen molar-refractivity contribution in [3.63, 3.8) is 0 Å². The molecule has 0 unspecified atom stereocenters. The highest BCUT2D eigenvalue weighted by Crippen LogP contribution is 2.19. The first kappa shape index (κ1) is 15.8. The van der Waals surface area contributed by atoms with Crippen LogP contribution >= 0.6 is 0 Å². The number of carbonyl (C=O) groups is 1. The molecule has 116 valence electrons. The fourth-order valence-electron chi connectivity index (χ4n) is 2.75. The molecule has 1 fully saturated rings. The molecule has 1 aromatic rings. The molecule has 1 N–H and O–H groups in total. The zero-order valence-corrected chi connectivity index (χ0v) is 13.6. The summed E-state index contributed by atoms with van der Waals surface area (Å²) in [5.41, 5.74) is 2.16. The Bertz CT molecular complexity index is 459. The van der Waals surface area contributed by atoms with Crippen molar-refractivity contribution < 1.29 is 4.79 Å². The molecule has 1 saturated heterocycles. The third kappa shape index (κ3) is 3.76. The summed E-state index contributed by atoms with van der Waals surface area (Å²) in [5.74, 6) is 0.514. The van der Waals surface area contributed by atoms with E-state index >= 15 is 0 Å². The molecule has 21 heavy (non-hydrogen) atoms. The molecule has 2 rings (SSSR count). The Morgan fingerprint density at radius 3 is 2.29 bits per heavy atom. The first-order valence-electron chi connectivity index (χ1n) is 7.95. The molecule has 1 aliphatic heterocycles. The Morgan fingerprint density at radius 1 is 1.24 bits per heavy atom. The number of urea groups is 1. The summed E-state index contributed by atoms with van der Waals surface area (Å²) < 4.78 is 0. The maximum absolute atomic E-state index is 12.2. The zero-order valence-electron chi connectivity index (χ0n) is 13.6. The van der Waals surface area contributed by atoms with Crippen LogP contribution in [0.3, 0.4) is 0 Å². The lowest BCUT2D eigenvalue weighted by Crippen LogP contribution is -2.61. The third-order valence-corrected chi connectivity index (χ3v) is 4.31. The minimum Gasteiger partial charge on any atom is -0.321 e. The first-order valence-corrected chi connectivity index (χ1v) is 7.95. The van der Waals surface area contributed by atoms with Gasteiger partial charge in [0.1, 0.15) is 0 Å². The van der Waals surface area contributed by atoms with Crippen molar-refractivity contribution in [1.82, 2.24) is 9.80 Å². The van der Waals surface area contributed by atoms with Gasteiger partial charge in [0.05, 0.1) is 0 Å². The second-order valence-electron chi connectivity index (χ2n) is 5.99. The van der Waals surface area contributed by atoms with E-state index in [4.69, 9.17) is 0 Å². The Kier molecular flexibility index (Phi) is 5.23. The molecule has 0 aliphatic carbocycles. The van der Waals surface area contributed by atoms with Gasteiger partial charge in [-0.3, -0.25) is 4.90 Å². The normalized spacial score (nSPS) is 15.4. The molecule has 4 nitrogen and oxygen atoms in total. The van der Waals surface area contributed by atoms with Gasteiger partial charge in [-0.2, -0.15) is 0 Å². The number of nitrogens with one attached hydrogen (secondary N) is 1. The van der Waals surface area contributed by atoms with Crippen LogP contribution in [0.25, 0.3) is 0 Å². The smallest absolute Gasteiger partial charge is 0.321 e. The average molecular weight is 289 g/mol. The van der Waals surface area contributed by atoms with Crippen LogP contribution in [0, 0.1) is 0 Å². The van der Waals surface area contributed by atoms with Crippen molar-refractivity contribution in [2.45, 2.75) is 39.7 Å². The van der Waals surface area contributed by atoms with Crippen molar-refractivity contribution >= 4 is 11.7 Å². The zero-order chi connectivity index (χ0) is 15.4. The summed E-state index contributed by atoms with van der Waals surface area (Å²) in [5, 5.41) is 2.97. The van der Waals surface area contributed by atoms with Gasteiger partial charge in [0.15, 0.2) is 0 Å². The van der Waals surface area contributed by atoms with Gasteiger partial charge in [0.25, 0.3) is 0 Å². The van der Waals surface area contributed by atoms with Gasteiger partial charge in [-0.15, -0.1) is 0 Å². The van der Waals surface area contributed by atoms with E-state index in [-0.39, 0.29) is 6.03 Å². The van der Waals surface area contributed by atoms with Gasteiger partial charge >= 0.3 is 6.03 Å². The largest absolute Gasteiger partial charge is 0.321 e. The molecule has 1 aliphatic rings. The Morgan fingerprint density at radius 2 is 1.81 bits per heavy atom. The van der Waals surface area contributed by atoms with E-state index in [1.165, 1.54) is 5.56 Å². The molecule has 0 atom stereocenters. The van der Waals surface area contributed by atoms with Crippen molar-refractivity contribution in [1.29, 1.82) is 0 Å². The fraction of sp³-hybridized carbons (Fsp3) is 0.588. The summed E-state index contributed by atoms with van der Waals surface area (Å²) in [6.07, 6.45) is 0. The van der Waals surface area contributed by atoms with E-state index in [0.29, 0.717) is 12.0 Å². The van der Waals surface area contributed by atoms with Crippen LogP contribution in [0.2, 0.25) is 0 Å². The summed E-state index contributed by atoms with van der Waals surface area (Å²) >= 11 is 0. The van der Waals surface area contributed by atoms with Crippen LogP contribution in [-0.4, -0.2) is 48.1 Å². The third-order valence-electron chi connectivity index (χ3n) is 4.31. The minimum atomic E-state index is 0.00991. The molecular weight excluding hydrogens is 262 g/mol. The van der Waals surface area contributed by atoms with E-state index in [2.05, 4.69) is 50.0 Å². The summed E-state index contributed by atoms with van der Waals surface area (Å²) in [6.45, 7) is 12.4. The predicted molar refractivity (Wildman–Crippen MR) is 87.8 cm³/mol. The lowest BCUT2D eigenvalue weighted by atomic mass is 10.0. The van der Waals surface area contributed by atoms with Crippen molar-refractivity contribution in [2.24, 2.45) is 0 Å². The molecular formula is C17H27N3O.